The van der Waals surface area contributed by atoms with Gasteiger partial charge in [0.2, 0.25) is 0 Å². The van der Waals surface area contributed by atoms with Gasteiger partial charge in [-0.2, -0.15) is 0 Å². The van der Waals surface area contributed by atoms with Gasteiger partial charge in [-0.15, -0.1) is 0 Å². The van der Waals surface area contributed by atoms with E-state index in [0.29, 0.717) is 6.42 Å². The summed E-state index contributed by atoms with van der Waals surface area (Å²) >= 11 is 0. The van der Waals surface area contributed by atoms with Crippen LogP contribution in [0.3, 0.4) is 0 Å². The van der Waals surface area contributed by atoms with Crippen molar-refractivity contribution in [3.8, 4) is 5.75 Å². The number of hydrogen-bond acceptors (Lipinski definition) is 2. The third kappa shape index (κ3) is 2.95. The van der Waals surface area contributed by atoms with Gasteiger partial charge in [0.1, 0.15) is 5.75 Å². The van der Waals surface area contributed by atoms with E-state index in [1.807, 2.05) is 60.7 Å². The third-order valence-corrected chi connectivity index (χ3v) is 3.60. The quantitative estimate of drug-likeness (QED) is 0.788. The summed E-state index contributed by atoms with van der Waals surface area (Å²) in [6.45, 7) is 0. The number of allylic oxidation sites excluding steroid dienone is 3. The molecule has 2 aromatic carbocycles. The first-order valence-corrected chi connectivity index (χ1v) is 6.91. The molecule has 0 saturated heterocycles. The summed E-state index contributed by atoms with van der Waals surface area (Å²) in [7, 11) is 1.64. The summed E-state index contributed by atoms with van der Waals surface area (Å²) in [6.07, 6.45) is 4.38. The number of ether oxygens (including phenoxy) is 1. The number of carbonyl (C=O) groups excluding carboxylic acids is 1. The molecule has 0 bridgehead atoms. The van der Waals surface area contributed by atoms with E-state index in [-0.39, 0.29) is 5.78 Å². The van der Waals surface area contributed by atoms with Crippen LogP contribution in [0.5, 0.6) is 5.75 Å². The highest BCUT2D eigenvalue weighted by molar-refractivity contribution is 6.16. The van der Waals surface area contributed by atoms with E-state index in [1.54, 1.807) is 13.2 Å². The molecule has 0 atom stereocenters. The molecule has 1 aliphatic rings. The molecule has 2 aromatic rings. The van der Waals surface area contributed by atoms with E-state index in [9.17, 15) is 4.79 Å². The Labute approximate surface area is 124 Å². The summed E-state index contributed by atoms with van der Waals surface area (Å²) < 4.78 is 5.14. The molecule has 104 valence electrons. The van der Waals surface area contributed by atoms with Crippen molar-refractivity contribution in [1.82, 2.24) is 0 Å². The van der Waals surface area contributed by atoms with E-state index < -0.39 is 0 Å². The molecule has 0 radical (unpaired) electrons. The Balaban J connectivity index is 1.82. The van der Waals surface area contributed by atoms with Crippen LogP contribution < -0.4 is 4.74 Å². The van der Waals surface area contributed by atoms with E-state index in [1.165, 1.54) is 0 Å². The van der Waals surface area contributed by atoms with Crippen molar-refractivity contribution >= 4 is 17.4 Å². The molecule has 0 spiro atoms. The molecule has 0 aromatic heterocycles. The highest BCUT2D eigenvalue weighted by Crippen LogP contribution is 2.30. The van der Waals surface area contributed by atoms with Crippen LogP contribution in [-0.2, 0) is 4.79 Å². The normalized spacial score (nSPS) is 16.1. The van der Waals surface area contributed by atoms with Gasteiger partial charge in [0, 0.05) is 12.0 Å². The molecule has 0 heterocycles. The van der Waals surface area contributed by atoms with Crippen molar-refractivity contribution in [3.63, 3.8) is 0 Å². The Kier molecular flexibility index (Phi) is 3.69. The Morgan fingerprint density at radius 1 is 1.00 bits per heavy atom. The number of carbonyl (C=O) groups is 1. The van der Waals surface area contributed by atoms with E-state index >= 15 is 0 Å². The first-order chi connectivity index (χ1) is 10.3. The lowest BCUT2D eigenvalue weighted by atomic mass is 10.0. The van der Waals surface area contributed by atoms with Gasteiger partial charge in [0.25, 0.3) is 0 Å². The maximum absolute atomic E-state index is 12.1. The fourth-order valence-corrected chi connectivity index (χ4v) is 2.46. The highest BCUT2D eigenvalue weighted by atomic mass is 16.5. The van der Waals surface area contributed by atoms with Crippen LogP contribution in [0.1, 0.15) is 17.5 Å². The molecule has 0 unspecified atom stereocenters. The molecule has 1 aliphatic carbocycles. The van der Waals surface area contributed by atoms with Crippen molar-refractivity contribution in [1.29, 1.82) is 0 Å². The van der Waals surface area contributed by atoms with Crippen molar-refractivity contribution < 1.29 is 9.53 Å². The largest absolute Gasteiger partial charge is 0.497 e. The standard InChI is InChI=1S/C19H16O2/c1-21-18-9-7-14(8-10-18)11-17-12-16(13-19(17)20)15-5-3-2-4-6-15/h2-11,13H,12H2,1H3. The van der Waals surface area contributed by atoms with Crippen molar-refractivity contribution in [2.45, 2.75) is 6.42 Å². The topological polar surface area (TPSA) is 26.3 Å². The van der Waals surface area contributed by atoms with Crippen molar-refractivity contribution in [2.75, 3.05) is 7.11 Å². The lowest BCUT2D eigenvalue weighted by Gasteiger charge is -2.02. The molecule has 0 saturated carbocycles. The second kappa shape index (κ2) is 5.80. The Morgan fingerprint density at radius 3 is 2.38 bits per heavy atom. The minimum atomic E-state index is 0.102. The second-order valence-corrected chi connectivity index (χ2v) is 5.02. The van der Waals surface area contributed by atoms with Crippen molar-refractivity contribution in [2.24, 2.45) is 0 Å². The van der Waals surface area contributed by atoms with Crippen LogP contribution in [0.4, 0.5) is 0 Å². The van der Waals surface area contributed by atoms with Crippen LogP contribution in [0.25, 0.3) is 11.6 Å². The minimum Gasteiger partial charge on any atom is -0.497 e. The highest BCUT2D eigenvalue weighted by Gasteiger charge is 2.19. The van der Waals surface area contributed by atoms with Crippen LogP contribution >= 0.6 is 0 Å². The molecular formula is C19H16O2. The molecule has 2 nitrogen and oxygen atoms in total. The maximum atomic E-state index is 12.1. The number of benzene rings is 2. The Morgan fingerprint density at radius 2 is 1.71 bits per heavy atom. The van der Waals surface area contributed by atoms with E-state index in [2.05, 4.69) is 0 Å². The predicted octanol–water partition coefficient (Wildman–Crippen LogP) is 4.14. The first-order valence-electron chi connectivity index (χ1n) is 6.91. The van der Waals surface area contributed by atoms with Gasteiger partial charge in [0.15, 0.2) is 5.78 Å². The lowest BCUT2D eigenvalue weighted by molar-refractivity contribution is -0.110. The van der Waals surface area contributed by atoms with Gasteiger partial charge in [-0.3, -0.25) is 4.79 Å². The number of rotatable bonds is 3. The van der Waals surface area contributed by atoms with Crippen LogP contribution in [0.15, 0.2) is 66.2 Å². The zero-order chi connectivity index (χ0) is 14.7. The summed E-state index contributed by atoms with van der Waals surface area (Å²) in [6, 6.07) is 17.8. The number of methoxy groups -OCH3 is 1. The molecular weight excluding hydrogens is 260 g/mol. The van der Waals surface area contributed by atoms with Gasteiger partial charge in [-0.25, -0.2) is 0 Å². The Bertz CT molecular complexity index is 707. The average molecular weight is 276 g/mol. The number of ketones is 1. The molecule has 0 amide bonds. The molecule has 21 heavy (non-hydrogen) atoms. The van der Waals surface area contributed by atoms with Crippen LogP contribution in [-0.4, -0.2) is 12.9 Å². The predicted molar refractivity (Wildman–Crippen MR) is 85.0 cm³/mol. The molecule has 0 fully saturated rings. The minimum absolute atomic E-state index is 0.102. The second-order valence-electron chi connectivity index (χ2n) is 5.02. The van der Waals surface area contributed by atoms with Gasteiger partial charge in [-0.1, -0.05) is 42.5 Å². The third-order valence-electron chi connectivity index (χ3n) is 3.60. The smallest absolute Gasteiger partial charge is 0.182 e. The van der Waals surface area contributed by atoms with Gasteiger partial charge < -0.3 is 4.74 Å². The molecule has 2 heteroatoms. The summed E-state index contributed by atoms with van der Waals surface area (Å²) in [5.74, 6) is 0.919. The SMILES string of the molecule is COc1ccc(C=C2CC(c3ccccc3)=CC2=O)cc1. The fourth-order valence-electron chi connectivity index (χ4n) is 2.46. The van der Waals surface area contributed by atoms with E-state index in [0.717, 1.165) is 28.0 Å². The van der Waals surface area contributed by atoms with Crippen LogP contribution in [0.2, 0.25) is 0 Å². The monoisotopic (exact) mass is 276 g/mol. The van der Waals surface area contributed by atoms with Gasteiger partial charge in [-0.05, 0) is 41.0 Å². The van der Waals surface area contributed by atoms with Gasteiger partial charge >= 0.3 is 0 Å². The maximum Gasteiger partial charge on any atom is 0.182 e. The lowest BCUT2D eigenvalue weighted by Crippen LogP contribution is -1.91. The molecule has 0 N–H and O–H groups in total. The Hall–Kier alpha value is -2.61. The number of hydrogen-bond donors (Lipinski definition) is 0. The fraction of sp³-hybridized carbons (Fsp3) is 0.105. The zero-order valence-electron chi connectivity index (χ0n) is 11.9. The molecule has 0 aliphatic heterocycles. The molecule has 3 rings (SSSR count). The zero-order valence-corrected chi connectivity index (χ0v) is 11.9. The summed E-state index contributed by atoms with van der Waals surface area (Å²) in [5, 5.41) is 0. The summed E-state index contributed by atoms with van der Waals surface area (Å²) in [4.78, 5) is 12.1. The average Bonchev–Trinajstić information content (AvgIpc) is 2.90. The van der Waals surface area contributed by atoms with E-state index in [4.69, 9.17) is 4.74 Å². The van der Waals surface area contributed by atoms with Crippen LogP contribution in [0, 0.1) is 0 Å². The first kappa shape index (κ1) is 13.4. The summed E-state index contributed by atoms with van der Waals surface area (Å²) in [5.41, 5.74) is 4.05. The van der Waals surface area contributed by atoms with Gasteiger partial charge in [0.05, 0.1) is 7.11 Å². The van der Waals surface area contributed by atoms with Crippen molar-refractivity contribution in [3.05, 3.63) is 77.4 Å².